The molecule has 13 heavy (non-hydrogen) atoms. The Labute approximate surface area is 77.4 Å². The van der Waals surface area contributed by atoms with E-state index >= 15 is 0 Å². The average molecular weight is 173 g/mol. The summed E-state index contributed by atoms with van der Waals surface area (Å²) in [5.41, 5.74) is 3.29. The quantitative estimate of drug-likeness (QED) is 0.702. The molecule has 66 valence electrons. The lowest BCUT2D eigenvalue weighted by molar-refractivity contribution is 0.280. The van der Waals surface area contributed by atoms with Crippen LogP contribution >= 0.6 is 0 Å². The van der Waals surface area contributed by atoms with Crippen molar-refractivity contribution in [2.24, 2.45) is 0 Å². The molecule has 0 aliphatic heterocycles. The minimum Gasteiger partial charge on any atom is -0.392 e. The first kappa shape index (κ1) is 8.28. The number of aliphatic hydroxyl groups excluding tert-OH is 1. The van der Waals surface area contributed by atoms with Gasteiger partial charge in [0, 0.05) is 0 Å². The van der Waals surface area contributed by atoms with Gasteiger partial charge in [-0.05, 0) is 29.5 Å². The van der Waals surface area contributed by atoms with Crippen molar-refractivity contribution in [1.82, 2.24) is 0 Å². The van der Waals surface area contributed by atoms with Gasteiger partial charge in [-0.25, -0.2) is 0 Å². The number of fused-ring (bicyclic) bond motifs is 1. The Balaban J connectivity index is 2.50. The number of benzene rings is 1. The molecule has 1 aromatic carbocycles. The van der Waals surface area contributed by atoms with Crippen molar-refractivity contribution in [3.63, 3.8) is 0 Å². The molecular weight excluding hydrogens is 162 g/mol. The number of rotatable bonds is 1. The fourth-order valence-electron chi connectivity index (χ4n) is 2.01. The standard InChI is InChI=1S/C11H11NO/c12-6-8-4-5-11-9(7-13)2-1-3-10(8)11/h1-3,8,13H,4-5,7H2. The SMILES string of the molecule is N#CC1CCc2c(CO)cccc21. The molecule has 1 aliphatic carbocycles. The molecule has 0 spiro atoms. The molecule has 0 saturated heterocycles. The molecule has 0 bridgehead atoms. The Morgan fingerprint density at radius 1 is 1.54 bits per heavy atom. The van der Waals surface area contributed by atoms with E-state index in [0.717, 1.165) is 24.0 Å². The number of nitriles is 1. The third kappa shape index (κ3) is 1.22. The molecule has 2 nitrogen and oxygen atoms in total. The van der Waals surface area contributed by atoms with Crippen LogP contribution in [-0.2, 0) is 13.0 Å². The highest BCUT2D eigenvalue weighted by atomic mass is 16.3. The summed E-state index contributed by atoms with van der Waals surface area (Å²) in [7, 11) is 0. The van der Waals surface area contributed by atoms with E-state index in [0.29, 0.717) is 0 Å². The fourth-order valence-corrected chi connectivity index (χ4v) is 2.01. The van der Waals surface area contributed by atoms with Gasteiger partial charge in [-0.2, -0.15) is 5.26 Å². The molecule has 0 fully saturated rings. The van der Waals surface area contributed by atoms with Crippen LogP contribution in [0.4, 0.5) is 0 Å². The maximum atomic E-state index is 9.08. The molecule has 0 saturated carbocycles. The molecule has 0 heterocycles. The summed E-state index contributed by atoms with van der Waals surface area (Å²) in [6.07, 6.45) is 1.84. The molecule has 0 radical (unpaired) electrons. The summed E-state index contributed by atoms with van der Waals surface area (Å²) in [5, 5.41) is 17.9. The Kier molecular flexibility index (Phi) is 2.03. The Bertz CT molecular complexity index is 365. The zero-order valence-electron chi connectivity index (χ0n) is 7.33. The molecule has 1 N–H and O–H groups in total. The van der Waals surface area contributed by atoms with Gasteiger partial charge in [-0.3, -0.25) is 0 Å². The summed E-state index contributed by atoms with van der Waals surface area (Å²) < 4.78 is 0. The van der Waals surface area contributed by atoms with Gasteiger partial charge in [0.2, 0.25) is 0 Å². The number of hydrogen-bond acceptors (Lipinski definition) is 2. The molecule has 1 unspecified atom stereocenters. The van der Waals surface area contributed by atoms with Gasteiger partial charge in [0.05, 0.1) is 18.6 Å². The molecule has 1 aromatic rings. The molecule has 2 rings (SSSR count). The van der Waals surface area contributed by atoms with Crippen molar-refractivity contribution in [2.75, 3.05) is 0 Å². The predicted octanol–water partition coefficient (Wildman–Crippen LogP) is 1.73. The minimum atomic E-state index is 0.0431. The molecule has 2 heteroatoms. The van der Waals surface area contributed by atoms with Gasteiger partial charge in [-0.1, -0.05) is 18.2 Å². The van der Waals surface area contributed by atoms with Crippen LogP contribution in [0.15, 0.2) is 18.2 Å². The van der Waals surface area contributed by atoms with Crippen LogP contribution < -0.4 is 0 Å². The van der Waals surface area contributed by atoms with E-state index in [2.05, 4.69) is 6.07 Å². The number of aliphatic hydroxyl groups is 1. The summed E-state index contributed by atoms with van der Waals surface area (Å²) in [4.78, 5) is 0. The summed E-state index contributed by atoms with van der Waals surface area (Å²) in [5.74, 6) is 0.0431. The van der Waals surface area contributed by atoms with Crippen LogP contribution in [-0.4, -0.2) is 5.11 Å². The van der Waals surface area contributed by atoms with Crippen LogP contribution in [0.3, 0.4) is 0 Å². The van der Waals surface area contributed by atoms with Gasteiger partial charge in [0.1, 0.15) is 0 Å². The maximum absolute atomic E-state index is 9.08. The molecule has 0 aromatic heterocycles. The number of hydrogen-bond donors (Lipinski definition) is 1. The van der Waals surface area contributed by atoms with Crippen LogP contribution in [0.5, 0.6) is 0 Å². The molecule has 1 aliphatic rings. The zero-order chi connectivity index (χ0) is 9.26. The normalized spacial score (nSPS) is 19.5. The van der Waals surface area contributed by atoms with Gasteiger partial charge >= 0.3 is 0 Å². The maximum Gasteiger partial charge on any atom is 0.0718 e. The second-order valence-electron chi connectivity index (χ2n) is 3.36. The zero-order valence-corrected chi connectivity index (χ0v) is 7.33. The van der Waals surface area contributed by atoms with E-state index < -0.39 is 0 Å². The van der Waals surface area contributed by atoms with Crippen molar-refractivity contribution < 1.29 is 5.11 Å². The van der Waals surface area contributed by atoms with E-state index in [-0.39, 0.29) is 12.5 Å². The second-order valence-corrected chi connectivity index (χ2v) is 3.36. The van der Waals surface area contributed by atoms with E-state index in [1.54, 1.807) is 0 Å². The van der Waals surface area contributed by atoms with Crippen molar-refractivity contribution in [3.8, 4) is 6.07 Å². The monoisotopic (exact) mass is 173 g/mol. The minimum absolute atomic E-state index is 0.0431. The van der Waals surface area contributed by atoms with E-state index in [1.807, 2.05) is 18.2 Å². The fraction of sp³-hybridized carbons (Fsp3) is 0.364. The summed E-state index contributed by atoms with van der Waals surface area (Å²) in [6, 6.07) is 8.13. The molecule has 1 atom stereocenters. The molecular formula is C11H11NO. The predicted molar refractivity (Wildman–Crippen MR) is 49.0 cm³/mol. The van der Waals surface area contributed by atoms with Crippen molar-refractivity contribution in [3.05, 3.63) is 34.9 Å². The number of nitrogens with zero attached hydrogens (tertiary/aromatic N) is 1. The Morgan fingerprint density at radius 3 is 3.08 bits per heavy atom. The van der Waals surface area contributed by atoms with Crippen molar-refractivity contribution in [2.45, 2.75) is 25.4 Å². The van der Waals surface area contributed by atoms with E-state index in [9.17, 15) is 0 Å². The van der Waals surface area contributed by atoms with Crippen molar-refractivity contribution >= 4 is 0 Å². The Morgan fingerprint density at radius 2 is 2.38 bits per heavy atom. The third-order valence-corrected chi connectivity index (χ3v) is 2.69. The first-order valence-corrected chi connectivity index (χ1v) is 4.48. The van der Waals surface area contributed by atoms with Gasteiger partial charge in [-0.15, -0.1) is 0 Å². The average Bonchev–Trinajstić information content (AvgIpc) is 2.60. The first-order valence-electron chi connectivity index (χ1n) is 4.48. The van der Waals surface area contributed by atoms with Gasteiger partial charge < -0.3 is 5.11 Å². The van der Waals surface area contributed by atoms with Crippen molar-refractivity contribution in [1.29, 1.82) is 5.26 Å². The lowest BCUT2D eigenvalue weighted by Gasteiger charge is -2.05. The first-order chi connectivity index (χ1) is 6.36. The summed E-state index contributed by atoms with van der Waals surface area (Å²) >= 11 is 0. The van der Waals surface area contributed by atoms with E-state index in [1.165, 1.54) is 5.56 Å². The van der Waals surface area contributed by atoms with Crippen LogP contribution in [0.25, 0.3) is 0 Å². The van der Waals surface area contributed by atoms with Crippen LogP contribution in [0.2, 0.25) is 0 Å². The largest absolute Gasteiger partial charge is 0.392 e. The molecule has 0 amide bonds. The third-order valence-electron chi connectivity index (χ3n) is 2.69. The van der Waals surface area contributed by atoms with E-state index in [4.69, 9.17) is 10.4 Å². The highest BCUT2D eigenvalue weighted by Gasteiger charge is 2.23. The van der Waals surface area contributed by atoms with Gasteiger partial charge in [0.15, 0.2) is 0 Å². The second kappa shape index (κ2) is 3.20. The summed E-state index contributed by atoms with van der Waals surface area (Å²) in [6.45, 7) is 0.0846. The van der Waals surface area contributed by atoms with Crippen LogP contribution in [0, 0.1) is 11.3 Å². The highest BCUT2D eigenvalue weighted by Crippen LogP contribution is 2.34. The van der Waals surface area contributed by atoms with Crippen LogP contribution in [0.1, 0.15) is 29.0 Å². The smallest absolute Gasteiger partial charge is 0.0718 e. The lowest BCUT2D eigenvalue weighted by Crippen LogP contribution is -1.93. The topological polar surface area (TPSA) is 44.0 Å². The Hall–Kier alpha value is -1.33. The van der Waals surface area contributed by atoms with Gasteiger partial charge in [0.25, 0.3) is 0 Å². The highest BCUT2D eigenvalue weighted by molar-refractivity contribution is 5.43. The lowest BCUT2D eigenvalue weighted by atomic mass is 10.00.